The Kier molecular flexibility index (Phi) is 6.58. The first-order valence-corrected chi connectivity index (χ1v) is 9.36. The number of hydrogen-bond acceptors (Lipinski definition) is 5. The van der Waals surface area contributed by atoms with Crippen molar-refractivity contribution in [1.82, 2.24) is 4.98 Å². The zero-order valence-corrected chi connectivity index (χ0v) is 16.5. The van der Waals surface area contributed by atoms with Crippen molar-refractivity contribution in [3.8, 4) is 0 Å². The van der Waals surface area contributed by atoms with Crippen LogP contribution in [-0.4, -0.2) is 30.5 Å². The quantitative estimate of drug-likeness (QED) is 0.615. The molecule has 6 nitrogen and oxygen atoms in total. The number of para-hydroxylation sites is 1. The number of benzene rings is 2. The third-order valence-corrected chi connectivity index (χ3v) is 4.52. The predicted molar refractivity (Wildman–Crippen MR) is 113 cm³/mol. The number of methoxy groups -OCH3 is 1. The first kappa shape index (κ1) is 20.1. The fraction of sp³-hybridized carbons (Fsp3) is 0.174. The summed E-state index contributed by atoms with van der Waals surface area (Å²) in [7, 11) is 1.30. The first-order chi connectivity index (χ1) is 14.1. The minimum Gasteiger partial charge on any atom is -0.465 e. The molecule has 0 saturated carbocycles. The molecule has 6 heteroatoms. The Bertz CT molecular complexity index is 989. The van der Waals surface area contributed by atoms with E-state index in [2.05, 4.69) is 34.3 Å². The molecule has 29 heavy (non-hydrogen) atoms. The Morgan fingerprint density at radius 2 is 1.76 bits per heavy atom. The summed E-state index contributed by atoms with van der Waals surface area (Å²) >= 11 is 0. The molecule has 1 aromatic heterocycles. The van der Waals surface area contributed by atoms with Gasteiger partial charge in [-0.1, -0.05) is 42.5 Å². The summed E-state index contributed by atoms with van der Waals surface area (Å²) in [4.78, 5) is 31.0. The number of hydrogen-bond donors (Lipinski definition) is 1. The maximum Gasteiger partial charge on any atom is 0.339 e. The van der Waals surface area contributed by atoms with Gasteiger partial charge in [0.1, 0.15) is 5.69 Å². The molecule has 1 N–H and O–H groups in total. The van der Waals surface area contributed by atoms with Crippen molar-refractivity contribution in [2.24, 2.45) is 0 Å². The summed E-state index contributed by atoms with van der Waals surface area (Å²) in [5.74, 6) is -0.901. The van der Waals surface area contributed by atoms with Gasteiger partial charge >= 0.3 is 5.97 Å². The molecule has 2 aromatic carbocycles. The SMILES string of the molecule is CCN(Cc1ccccc1)c1ccnc(C(=O)Nc2ccccc2C(=O)OC)c1. The average Bonchev–Trinajstić information content (AvgIpc) is 2.78. The zero-order valence-electron chi connectivity index (χ0n) is 16.5. The van der Waals surface area contributed by atoms with Crippen molar-refractivity contribution in [2.75, 3.05) is 23.9 Å². The second-order valence-corrected chi connectivity index (χ2v) is 6.39. The Balaban J connectivity index is 1.80. The molecule has 0 unspecified atom stereocenters. The smallest absolute Gasteiger partial charge is 0.339 e. The lowest BCUT2D eigenvalue weighted by Gasteiger charge is -2.23. The van der Waals surface area contributed by atoms with E-state index in [0.717, 1.165) is 18.8 Å². The van der Waals surface area contributed by atoms with Crippen LogP contribution < -0.4 is 10.2 Å². The number of aromatic nitrogens is 1. The molecule has 0 bridgehead atoms. The predicted octanol–water partition coefficient (Wildman–Crippen LogP) is 4.15. The van der Waals surface area contributed by atoms with E-state index in [1.807, 2.05) is 24.3 Å². The van der Waals surface area contributed by atoms with Crippen molar-refractivity contribution in [3.05, 3.63) is 89.7 Å². The number of nitrogens with zero attached hydrogens (tertiary/aromatic N) is 2. The van der Waals surface area contributed by atoms with Crippen molar-refractivity contribution < 1.29 is 14.3 Å². The highest BCUT2D eigenvalue weighted by Crippen LogP contribution is 2.20. The second kappa shape index (κ2) is 9.50. The topological polar surface area (TPSA) is 71.5 Å². The Morgan fingerprint density at radius 3 is 2.48 bits per heavy atom. The van der Waals surface area contributed by atoms with E-state index < -0.39 is 5.97 Å². The summed E-state index contributed by atoms with van der Waals surface area (Å²) in [6.45, 7) is 3.58. The summed E-state index contributed by atoms with van der Waals surface area (Å²) < 4.78 is 4.77. The molecular weight excluding hydrogens is 366 g/mol. The molecular formula is C23H23N3O3. The zero-order chi connectivity index (χ0) is 20.6. The lowest BCUT2D eigenvalue weighted by atomic mass is 10.1. The number of carbonyl (C=O) groups excluding carboxylic acids is 2. The number of nitrogens with one attached hydrogen (secondary N) is 1. The lowest BCUT2D eigenvalue weighted by Crippen LogP contribution is -2.23. The normalized spacial score (nSPS) is 10.3. The highest BCUT2D eigenvalue weighted by atomic mass is 16.5. The van der Waals surface area contributed by atoms with Gasteiger partial charge in [0.25, 0.3) is 5.91 Å². The molecule has 0 spiro atoms. The maximum atomic E-state index is 12.8. The van der Waals surface area contributed by atoms with Gasteiger partial charge in [0.2, 0.25) is 0 Å². The van der Waals surface area contributed by atoms with Gasteiger partial charge in [-0.25, -0.2) is 4.79 Å². The Morgan fingerprint density at radius 1 is 1.03 bits per heavy atom. The average molecular weight is 389 g/mol. The molecule has 3 rings (SSSR count). The van der Waals surface area contributed by atoms with Gasteiger partial charge in [-0.15, -0.1) is 0 Å². The number of carbonyl (C=O) groups is 2. The summed E-state index contributed by atoms with van der Waals surface area (Å²) in [5.41, 5.74) is 3.03. The van der Waals surface area contributed by atoms with Gasteiger partial charge in [-0.05, 0) is 36.8 Å². The van der Waals surface area contributed by atoms with E-state index in [0.29, 0.717) is 11.3 Å². The molecule has 0 aliphatic heterocycles. The molecule has 1 heterocycles. The minimum atomic E-state index is -0.511. The van der Waals surface area contributed by atoms with Gasteiger partial charge in [-0.2, -0.15) is 0 Å². The molecule has 0 aliphatic rings. The number of anilines is 2. The van der Waals surface area contributed by atoms with E-state index in [4.69, 9.17) is 4.74 Å². The Labute approximate surface area is 170 Å². The minimum absolute atomic E-state index is 0.272. The molecule has 1 amide bonds. The van der Waals surface area contributed by atoms with E-state index in [1.165, 1.54) is 12.7 Å². The largest absolute Gasteiger partial charge is 0.465 e. The molecule has 0 aliphatic carbocycles. The van der Waals surface area contributed by atoms with Gasteiger partial charge < -0.3 is 15.0 Å². The third-order valence-electron chi connectivity index (χ3n) is 4.52. The van der Waals surface area contributed by atoms with Crippen LogP contribution in [0.1, 0.15) is 33.3 Å². The van der Waals surface area contributed by atoms with Crippen LogP contribution in [0.15, 0.2) is 72.9 Å². The van der Waals surface area contributed by atoms with Crippen LogP contribution in [0.2, 0.25) is 0 Å². The van der Waals surface area contributed by atoms with E-state index >= 15 is 0 Å². The van der Waals surface area contributed by atoms with Crippen molar-refractivity contribution in [2.45, 2.75) is 13.5 Å². The second-order valence-electron chi connectivity index (χ2n) is 6.39. The summed E-state index contributed by atoms with van der Waals surface area (Å²) in [6, 6.07) is 20.5. The number of ether oxygens (including phenoxy) is 1. The molecule has 3 aromatic rings. The maximum absolute atomic E-state index is 12.8. The fourth-order valence-corrected chi connectivity index (χ4v) is 3.00. The van der Waals surface area contributed by atoms with Crippen LogP contribution in [0.25, 0.3) is 0 Å². The molecule has 148 valence electrons. The Hall–Kier alpha value is -3.67. The summed E-state index contributed by atoms with van der Waals surface area (Å²) in [6.07, 6.45) is 1.62. The monoisotopic (exact) mass is 389 g/mol. The standard InChI is InChI=1S/C23H23N3O3/c1-3-26(16-17-9-5-4-6-10-17)18-13-14-24-21(15-18)22(27)25-20-12-8-7-11-19(20)23(28)29-2/h4-15H,3,16H2,1-2H3,(H,25,27). The van der Waals surface area contributed by atoms with E-state index in [-0.39, 0.29) is 11.6 Å². The number of esters is 1. The number of rotatable bonds is 7. The van der Waals surface area contributed by atoms with Gasteiger partial charge in [-0.3, -0.25) is 9.78 Å². The van der Waals surface area contributed by atoms with Crippen LogP contribution in [0.3, 0.4) is 0 Å². The van der Waals surface area contributed by atoms with Crippen LogP contribution in [0.5, 0.6) is 0 Å². The highest BCUT2D eigenvalue weighted by molar-refractivity contribution is 6.07. The van der Waals surface area contributed by atoms with Gasteiger partial charge in [0, 0.05) is 25.0 Å². The van der Waals surface area contributed by atoms with E-state index in [1.54, 1.807) is 36.5 Å². The first-order valence-electron chi connectivity index (χ1n) is 9.36. The van der Waals surface area contributed by atoms with Crippen molar-refractivity contribution in [1.29, 1.82) is 0 Å². The third kappa shape index (κ3) is 4.99. The lowest BCUT2D eigenvalue weighted by molar-refractivity contribution is 0.0602. The highest BCUT2D eigenvalue weighted by Gasteiger charge is 2.16. The van der Waals surface area contributed by atoms with Crippen LogP contribution in [0, 0.1) is 0 Å². The van der Waals surface area contributed by atoms with Crippen molar-refractivity contribution >= 4 is 23.3 Å². The van der Waals surface area contributed by atoms with Crippen molar-refractivity contribution in [3.63, 3.8) is 0 Å². The summed E-state index contributed by atoms with van der Waals surface area (Å²) in [5, 5.41) is 2.76. The van der Waals surface area contributed by atoms with Crippen LogP contribution >= 0.6 is 0 Å². The molecule has 0 saturated heterocycles. The van der Waals surface area contributed by atoms with E-state index in [9.17, 15) is 9.59 Å². The van der Waals surface area contributed by atoms with Gasteiger partial charge in [0.05, 0.1) is 18.4 Å². The number of pyridine rings is 1. The van der Waals surface area contributed by atoms with Gasteiger partial charge in [0.15, 0.2) is 0 Å². The molecule has 0 fully saturated rings. The number of amides is 1. The fourth-order valence-electron chi connectivity index (χ4n) is 3.00. The van der Waals surface area contributed by atoms with Crippen LogP contribution in [0.4, 0.5) is 11.4 Å². The molecule has 0 atom stereocenters. The molecule has 0 radical (unpaired) electrons. The van der Waals surface area contributed by atoms with Crippen LogP contribution in [-0.2, 0) is 11.3 Å².